The molecule has 1 amide bonds. The molecule has 0 aliphatic heterocycles. The zero-order valence-corrected chi connectivity index (χ0v) is 16.2. The van der Waals surface area contributed by atoms with Gasteiger partial charge in [-0.3, -0.25) is 4.79 Å². The maximum Gasteiger partial charge on any atom is 0.434 e. The molecule has 0 bridgehead atoms. The van der Waals surface area contributed by atoms with Gasteiger partial charge in [-0.25, -0.2) is 9.97 Å². The highest BCUT2D eigenvalue weighted by Gasteiger charge is 2.33. The standard InChI is InChI=1S/C19H19F3N6O2/c1-3-27(13(2)12-30-17-11-23-16(10-24-17)19(20,21)22)18(29)14-6-4-5-7-15(14)28-25-8-9-26-28/h4-11,13H,3,12H2,1-2H3. The Labute approximate surface area is 170 Å². The number of hydrogen-bond acceptors (Lipinski definition) is 6. The summed E-state index contributed by atoms with van der Waals surface area (Å²) in [6.45, 7) is 4.01. The summed E-state index contributed by atoms with van der Waals surface area (Å²) in [6.07, 6.45) is -0.0235. The van der Waals surface area contributed by atoms with E-state index in [1.54, 1.807) is 36.1 Å². The highest BCUT2D eigenvalue weighted by atomic mass is 19.4. The first-order chi connectivity index (χ1) is 14.3. The number of para-hydroxylation sites is 1. The van der Waals surface area contributed by atoms with Crippen LogP contribution in [0.5, 0.6) is 5.88 Å². The molecule has 0 fully saturated rings. The summed E-state index contributed by atoms with van der Waals surface area (Å²) in [6, 6.07) is 6.55. The summed E-state index contributed by atoms with van der Waals surface area (Å²) in [7, 11) is 0. The summed E-state index contributed by atoms with van der Waals surface area (Å²) in [5.41, 5.74) is -0.151. The summed E-state index contributed by atoms with van der Waals surface area (Å²) in [5.74, 6) is -0.306. The van der Waals surface area contributed by atoms with Crippen LogP contribution in [-0.4, -0.2) is 55.0 Å². The van der Waals surface area contributed by atoms with Crippen LogP contribution in [0.25, 0.3) is 5.69 Å². The fourth-order valence-electron chi connectivity index (χ4n) is 2.81. The van der Waals surface area contributed by atoms with Crippen molar-refractivity contribution in [1.82, 2.24) is 29.9 Å². The Hall–Kier alpha value is -3.50. The van der Waals surface area contributed by atoms with Gasteiger partial charge in [0.2, 0.25) is 5.88 Å². The van der Waals surface area contributed by atoms with Crippen molar-refractivity contribution in [2.75, 3.05) is 13.2 Å². The van der Waals surface area contributed by atoms with Crippen LogP contribution >= 0.6 is 0 Å². The normalized spacial score (nSPS) is 12.4. The van der Waals surface area contributed by atoms with Gasteiger partial charge in [0.05, 0.1) is 42.1 Å². The van der Waals surface area contributed by atoms with E-state index in [0.717, 1.165) is 6.20 Å². The van der Waals surface area contributed by atoms with Crippen LogP contribution in [0.3, 0.4) is 0 Å². The number of ether oxygens (including phenoxy) is 1. The molecular weight excluding hydrogens is 401 g/mol. The van der Waals surface area contributed by atoms with E-state index in [1.165, 1.54) is 17.2 Å². The smallest absolute Gasteiger partial charge is 0.434 e. The Bertz CT molecular complexity index is 977. The van der Waals surface area contributed by atoms with E-state index in [9.17, 15) is 18.0 Å². The number of likely N-dealkylation sites (N-methyl/N-ethyl adjacent to an activating group) is 1. The van der Waals surface area contributed by atoms with Crippen LogP contribution in [0.4, 0.5) is 13.2 Å². The topological polar surface area (TPSA) is 86.0 Å². The molecule has 0 saturated carbocycles. The minimum atomic E-state index is -4.57. The predicted octanol–water partition coefficient (Wildman–Crippen LogP) is 3.01. The Morgan fingerprint density at radius 1 is 1.17 bits per heavy atom. The molecule has 11 heteroatoms. The zero-order chi connectivity index (χ0) is 21.7. The quantitative estimate of drug-likeness (QED) is 0.584. The molecule has 2 aromatic heterocycles. The Morgan fingerprint density at radius 3 is 2.47 bits per heavy atom. The van der Waals surface area contributed by atoms with E-state index >= 15 is 0 Å². The molecule has 8 nitrogen and oxygen atoms in total. The van der Waals surface area contributed by atoms with Crippen molar-refractivity contribution in [3.8, 4) is 11.6 Å². The lowest BCUT2D eigenvalue weighted by atomic mass is 10.1. The molecule has 0 radical (unpaired) electrons. The number of halogens is 3. The monoisotopic (exact) mass is 420 g/mol. The summed E-state index contributed by atoms with van der Waals surface area (Å²) in [4.78, 5) is 23.0. The second kappa shape index (κ2) is 8.89. The third-order valence-corrected chi connectivity index (χ3v) is 4.29. The lowest BCUT2D eigenvalue weighted by Gasteiger charge is -2.28. The minimum absolute atomic E-state index is 0.0296. The maximum atomic E-state index is 13.1. The highest BCUT2D eigenvalue weighted by molar-refractivity contribution is 5.97. The van der Waals surface area contributed by atoms with E-state index in [4.69, 9.17) is 4.74 Å². The van der Waals surface area contributed by atoms with Crippen LogP contribution in [-0.2, 0) is 6.18 Å². The van der Waals surface area contributed by atoms with Crippen LogP contribution in [0.15, 0.2) is 49.1 Å². The third-order valence-electron chi connectivity index (χ3n) is 4.29. The van der Waals surface area contributed by atoms with E-state index in [-0.39, 0.29) is 24.4 Å². The van der Waals surface area contributed by atoms with Gasteiger partial charge in [-0.2, -0.15) is 28.2 Å². The first-order valence-corrected chi connectivity index (χ1v) is 9.10. The molecular formula is C19H19F3N6O2. The number of hydrogen-bond donors (Lipinski definition) is 0. The van der Waals surface area contributed by atoms with Gasteiger partial charge in [0.25, 0.3) is 5.91 Å². The average molecular weight is 420 g/mol. The number of rotatable bonds is 7. The van der Waals surface area contributed by atoms with E-state index in [1.807, 2.05) is 6.92 Å². The number of nitrogens with zero attached hydrogens (tertiary/aromatic N) is 6. The van der Waals surface area contributed by atoms with E-state index < -0.39 is 11.9 Å². The van der Waals surface area contributed by atoms with Gasteiger partial charge in [-0.1, -0.05) is 12.1 Å². The van der Waals surface area contributed by atoms with E-state index in [0.29, 0.717) is 24.0 Å². The molecule has 0 N–H and O–H groups in total. The van der Waals surface area contributed by atoms with Gasteiger partial charge in [0.1, 0.15) is 6.61 Å². The van der Waals surface area contributed by atoms with Crippen molar-refractivity contribution in [3.63, 3.8) is 0 Å². The number of amides is 1. The van der Waals surface area contributed by atoms with Crippen LogP contribution in [0, 0.1) is 0 Å². The first-order valence-electron chi connectivity index (χ1n) is 9.10. The Kier molecular flexibility index (Phi) is 6.28. The molecule has 0 aliphatic carbocycles. The highest BCUT2D eigenvalue weighted by Crippen LogP contribution is 2.27. The van der Waals surface area contributed by atoms with Gasteiger partial charge in [-0.05, 0) is 26.0 Å². The Morgan fingerprint density at radius 2 is 1.87 bits per heavy atom. The van der Waals surface area contributed by atoms with Gasteiger partial charge in [-0.15, -0.1) is 0 Å². The van der Waals surface area contributed by atoms with Crippen LogP contribution < -0.4 is 4.74 Å². The van der Waals surface area contributed by atoms with Crippen molar-refractivity contribution < 1.29 is 22.7 Å². The molecule has 1 atom stereocenters. The van der Waals surface area contributed by atoms with Gasteiger partial charge in [0.15, 0.2) is 5.69 Å². The summed E-state index contributed by atoms with van der Waals surface area (Å²) < 4.78 is 43.2. The molecule has 1 unspecified atom stereocenters. The van der Waals surface area contributed by atoms with Crippen molar-refractivity contribution in [3.05, 3.63) is 60.3 Å². The van der Waals surface area contributed by atoms with Gasteiger partial charge < -0.3 is 9.64 Å². The molecule has 2 heterocycles. The SMILES string of the molecule is CCN(C(=O)c1ccccc1-n1nccn1)C(C)COc1cnc(C(F)(F)F)cn1. The zero-order valence-electron chi connectivity index (χ0n) is 16.2. The predicted molar refractivity (Wildman–Crippen MR) is 100 cm³/mol. The minimum Gasteiger partial charge on any atom is -0.474 e. The molecule has 3 rings (SSSR count). The van der Waals surface area contributed by atoms with Crippen LogP contribution in [0.1, 0.15) is 29.9 Å². The van der Waals surface area contributed by atoms with Gasteiger partial charge in [0, 0.05) is 6.54 Å². The lowest BCUT2D eigenvalue weighted by molar-refractivity contribution is -0.141. The molecule has 158 valence electrons. The largest absolute Gasteiger partial charge is 0.474 e. The second-order valence-corrected chi connectivity index (χ2v) is 6.32. The molecule has 1 aromatic carbocycles. The number of benzene rings is 1. The number of carbonyl (C=O) groups is 1. The van der Waals surface area contributed by atoms with Crippen molar-refractivity contribution >= 4 is 5.91 Å². The number of alkyl halides is 3. The molecule has 0 spiro atoms. The fraction of sp³-hybridized carbons (Fsp3) is 0.316. The molecule has 3 aromatic rings. The maximum absolute atomic E-state index is 13.1. The number of carbonyl (C=O) groups excluding carboxylic acids is 1. The summed E-state index contributed by atoms with van der Waals surface area (Å²) >= 11 is 0. The summed E-state index contributed by atoms with van der Waals surface area (Å²) in [5, 5.41) is 8.15. The fourth-order valence-corrected chi connectivity index (χ4v) is 2.81. The average Bonchev–Trinajstić information content (AvgIpc) is 3.27. The second-order valence-electron chi connectivity index (χ2n) is 6.32. The van der Waals surface area contributed by atoms with Crippen molar-refractivity contribution in [2.45, 2.75) is 26.1 Å². The number of aromatic nitrogens is 5. The Balaban J connectivity index is 1.71. The third kappa shape index (κ3) is 4.73. The van der Waals surface area contributed by atoms with Crippen molar-refractivity contribution in [1.29, 1.82) is 0 Å². The molecule has 0 aliphatic rings. The van der Waals surface area contributed by atoms with Gasteiger partial charge >= 0.3 is 6.18 Å². The first kappa shape index (κ1) is 21.2. The van der Waals surface area contributed by atoms with Crippen molar-refractivity contribution in [2.24, 2.45) is 0 Å². The molecule has 30 heavy (non-hydrogen) atoms. The van der Waals surface area contributed by atoms with Crippen LogP contribution in [0.2, 0.25) is 0 Å². The molecule has 0 saturated heterocycles. The van der Waals surface area contributed by atoms with E-state index in [2.05, 4.69) is 20.2 Å². The lowest BCUT2D eigenvalue weighted by Crippen LogP contribution is -2.42.